The molecule has 0 spiro atoms. The molecule has 0 atom stereocenters. The number of carbonyl (C=O) groups excluding carboxylic acids is 2. The summed E-state index contributed by atoms with van der Waals surface area (Å²) in [4.78, 5) is 25.3. The van der Waals surface area contributed by atoms with Crippen molar-refractivity contribution in [3.05, 3.63) is 0 Å². The first-order chi connectivity index (χ1) is 12.1. The minimum atomic E-state index is -0.608. The van der Waals surface area contributed by atoms with Crippen LogP contribution in [-0.2, 0) is 19.0 Å². The molecule has 0 aromatic heterocycles. The van der Waals surface area contributed by atoms with Crippen LogP contribution in [0.1, 0.15) is 61.3 Å². The van der Waals surface area contributed by atoms with Crippen LogP contribution in [0.15, 0.2) is 0 Å². The summed E-state index contributed by atoms with van der Waals surface area (Å²) >= 11 is 0. The number of alkyl carbamates (subject to hydrolysis) is 1. The minimum Gasteiger partial charge on any atom is -0.444 e. The molecule has 0 aromatic carbocycles. The summed E-state index contributed by atoms with van der Waals surface area (Å²) in [7, 11) is 0. The van der Waals surface area contributed by atoms with Gasteiger partial charge in [-0.1, -0.05) is 19.8 Å². The fraction of sp³-hybridized carbons (Fsp3) is 0.895. The average molecular weight is 375 g/mol. The molecule has 1 aliphatic carbocycles. The smallest absolute Gasteiger partial charge is 0.408 e. The first-order valence-electron chi connectivity index (χ1n) is 9.60. The SMILES string of the molecule is CC1CC1.CCOC(CN(CC)C(=O)CNC(=O)OC(C)(C)C)OCC. The third-order valence-corrected chi connectivity index (χ3v) is 3.46. The quantitative estimate of drug-likeness (QED) is 0.627. The molecule has 1 aliphatic rings. The maximum Gasteiger partial charge on any atom is 0.408 e. The van der Waals surface area contributed by atoms with Gasteiger partial charge in [0.2, 0.25) is 5.91 Å². The largest absolute Gasteiger partial charge is 0.444 e. The Kier molecular flexibility index (Phi) is 12.3. The van der Waals surface area contributed by atoms with Crippen molar-refractivity contribution in [2.24, 2.45) is 5.92 Å². The highest BCUT2D eigenvalue weighted by Crippen LogP contribution is 2.26. The molecule has 1 fully saturated rings. The summed E-state index contributed by atoms with van der Waals surface area (Å²) in [6, 6.07) is 0. The van der Waals surface area contributed by atoms with Crippen molar-refractivity contribution in [3.8, 4) is 0 Å². The number of ether oxygens (including phenoxy) is 3. The number of rotatable bonds is 9. The molecule has 0 saturated heterocycles. The van der Waals surface area contributed by atoms with Gasteiger partial charge in [0.1, 0.15) is 12.1 Å². The lowest BCUT2D eigenvalue weighted by Gasteiger charge is -2.26. The van der Waals surface area contributed by atoms with Crippen LogP contribution in [0.25, 0.3) is 0 Å². The zero-order valence-electron chi connectivity index (χ0n) is 17.6. The van der Waals surface area contributed by atoms with Crippen molar-refractivity contribution >= 4 is 12.0 Å². The van der Waals surface area contributed by atoms with E-state index in [-0.39, 0.29) is 12.5 Å². The van der Waals surface area contributed by atoms with E-state index in [1.165, 1.54) is 12.8 Å². The topological polar surface area (TPSA) is 77.1 Å². The van der Waals surface area contributed by atoms with Crippen molar-refractivity contribution in [1.29, 1.82) is 0 Å². The van der Waals surface area contributed by atoms with Crippen LogP contribution in [-0.4, -0.2) is 61.6 Å². The average Bonchev–Trinajstić information content (AvgIpc) is 3.31. The van der Waals surface area contributed by atoms with Crippen molar-refractivity contribution in [2.75, 3.05) is 32.8 Å². The fourth-order valence-electron chi connectivity index (χ4n) is 1.85. The van der Waals surface area contributed by atoms with Gasteiger partial charge in [0.05, 0.1) is 6.54 Å². The molecule has 7 nitrogen and oxygen atoms in total. The van der Waals surface area contributed by atoms with E-state index in [1.807, 2.05) is 20.8 Å². The Hall–Kier alpha value is -1.34. The Morgan fingerprint density at radius 2 is 1.62 bits per heavy atom. The zero-order valence-corrected chi connectivity index (χ0v) is 17.6. The molecule has 1 N–H and O–H groups in total. The first kappa shape index (κ1) is 24.7. The normalized spacial score (nSPS) is 13.7. The van der Waals surface area contributed by atoms with E-state index < -0.39 is 18.0 Å². The number of hydrogen-bond donors (Lipinski definition) is 1. The van der Waals surface area contributed by atoms with E-state index in [4.69, 9.17) is 14.2 Å². The lowest BCUT2D eigenvalue weighted by atomic mass is 10.2. The Bertz CT molecular complexity index is 399. The number of nitrogens with one attached hydrogen (secondary N) is 1. The van der Waals surface area contributed by atoms with Gasteiger partial charge >= 0.3 is 6.09 Å². The molecule has 154 valence electrons. The van der Waals surface area contributed by atoms with Gasteiger partial charge < -0.3 is 24.4 Å². The Morgan fingerprint density at radius 1 is 1.12 bits per heavy atom. The van der Waals surface area contributed by atoms with Crippen LogP contribution in [0.5, 0.6) is 0 Å². The zero-order chi connectivity index (χ0) is 20.2. The molecular formula is C19H38N2O5. The molecule has 0 aromatic rings. The summed E-state index contributed by atoms with van der Waals surface area (Å²) in [5.74, 6) is 0.873. The highest BCUT2D eigenvalue weighted by atomic mass is 16.7. The van der Waals surface area contributed by atoms with E-state index in [0.717, 1.165) is 5.92 Å². The van der Waals surface area contributed by atoms with Gasteiger partial charge in [-0.2, -0.15) is 0 Å². The second-order valence-corrected chi connectivity index (χ2v) is 7.31. The van der Waals surface area contributed by atoms with E-state index in [0.29, 0.717) is 26.3 Å². The van der Waals surface area contributed by atoms with Gasteiger partial charge in [-0.05, 0) is 47.5 Å². The highest BCUT2D eigenvalue weighted by Gasteiger charge is 2.20. The summed E-state index contributed by atoms with van der Waals surface area (Å²) < 4.78 is 15.9. The number of likely N-dealkylation sites (N-methyl/N-ethyl adjacent to an activating group) is 1. The number of hydrogen-bond acceptors (Lipinski definition) is 5. The van der Waals surface area contributed by atoms with Gasteiger partial charge in [-0.15, -0.1) is 0 Å². The van der Waals surface area contributed by atoms with E-state index in [1.54, 1.807) is 25.7 Å². The van der Waals surface area contributed by atoms with Crippen LogP contribution < -0.4 is 5.32 Å². The molecule has 0 unspecified atom stereocenters. The van der Waals surface area contributed by atoms with E-state index >= 15 is 0 Å². The number of amides is 2. The van der Waals surface area contributed by atoms with E-state index in [2.05, 4.69) is 12.2 Å². The molecular weight excluding hydrogens is 336 g/mol. The third kappa shape index (κ3) is 13.9. The lowest BCUT2D eigenvalue weighted by molar-refractivity contribution is -0.157. The maximum absolute atomic E-state index is 12.1. The lowest BCUT2D eigenvalue weighted by Crippen LogP contribution is -2.45. The molecule has 7 heteroatoms. The predicted octanol–water partition coefficient (Wildman–Crippen LogP) is 3.18. The molecule has 26 heavy (non-hydrogen) atoms. The van der Waals surface area contributed by atoms with Crippen LogP contribution in [0.3, 0.4) is 0 Å². The summed E-state index contributed by atoms with van der Waals surface area (Å²) in [5, 5.41) is 2.46. The molecule has 2 amide bonds. The van der Waals surface area contributed by atoms with Crippen molar-refractivity contribution in [2.45, 2.75) is 73.2 Å². The number of nitrogens with zero attached hydrogens (tertiary/aromatic N) is 1. The highest BCUT2D eigenvalue weighted by molar-refractivity contribution is 5.82. The molecule has 0 heterocycles. The van der Waals surface area contributed by atoms with Gasteiger partial charge in [-0.3, -0.25) is 4.79 Å². The van der Waals surface area contributed by atoms with Crippen LogP contribution in [0, 0.1) is 5.92 Å². The van der Waals surface area contributed by atoms with Crippen molar-refractivity contribution < 1.29 is 23.8 Å². The fourth-order valence-corrected chi connectivity index (χ4v) is 1.85. The third-order valence-electron chi connectivity index (χ3n) is 3.46. The standard InChI is InChI=1S/C15H30N2O5.C4H8/c1-7-17(11-13(20-8-2)21-9-3)12(18)10-16-14(19)22-15(4,5)6;1-4-2-3-4/h13H,7-11H2,1-6H3,(H,16,19);4H,2-3H2,1H3. The Morgan fingerprint density at radius 3 is 1.96 bits per heavy atom. The summed E-state index contributed by atoms with van der Waals surface area (Å²) in [6.07, 6.45) is 1.91. The van der Waals surface area contributed by atoms with Crippen molar-refractivity contribution in [3.63, 3.8) is 0 Å². The minimum absolute atomic E-state index is 0.117. The van der Waals surface area contributed by atoms with Gasteiger partial charge in [0.25, 0.3) is 0 Å². The van der Waals surface area contributed by atoms with E-state index in [9.17, 15) is 9.59 Å². The Labute approximate surface area is 158 Å². The van der Waals surface area contributed by atoms with Gasteiger partial charge in [0.15, 0.2) is 6.29 Å². The van der Waals surface area contributed by atoms with Crippen LogP contribution >= 0.6 is 0 Å². The second-order valence-electron chi connectivity index (χ2n) is 7.31. The van der Waals surface area contributed by atoms with Crippen LogP contribution in [0.2, 0.25) is 0 Å². The molecule has 0 radical (unpaired) electrons. The second kappa shape index (κ2) is 12.9. The van der Waals surface area contributed by atoms with Crippen molar-refractivity contribution in [1.82, 2.24) is 10.2 Å². The first-order valence-corrected chi connectivity index (χ1v) is 9.60. The molecule has 1 saturated carbocycles. The maximum atomic E-state index is 12.1. The molecule has 1 rings (SSSR count). The summed E-state index contributed by atoms with van der Waals surface area (Å²) in [6.45, 7) is 14.9. The summed E-state index contributed by atoms with van der Waals surface area (Å²) in [5.41, 5.74) is -0.591. The molecule has 0 bridgehead atoms. The predicted molar refractivity (Wildman–Crippen MR) is 102 cm³/mol. The number of carbonyl (C=O) groups is 2. The van der Waals surface area contributed by atoms with Crippen LogP contribution in [0.4, 0.5) is 4.79 Å². The monoisotopic (exact) mass is 374 g/mol. The molecule has 0 aliphatic heterocycles. The van der Waals surface area contributed by atoms with Gasteiger partial charge in [-0.25, -0.2) is 4.79 Å². The van der Waals surface area contributed by atoms with Gasteiger partial charge in [0, 0.05) is 19.8 Å². The Balaban J connectivity index is 0.00000136.